The molecule has 0 atom stereocenters. The van der Waals surface area contributed by atoms with Crippen molar-refractivity contribution in [3.05, 3.63) is 0 Å². The van der Waals surface area contributed by atoms with Crippen molar-refractivity contribution in [1.29, 1.82) is 0 Å². The Hall–Kier alpha value is 0.270. The molecule has 0 fully saturated rings. The minimum Gasteiger partial charge on any atom is -0.304 e. The predicted octanol–water partition coefficient (Wildman–Crippen LogP) is 0.421. The quantitative estimate of drug-likeness (QED) is 0.319. The average molecular weight is 120 g/mol. The van der Waals surface area contributed by atoms with E-state index in [1.807, 2.05) is 6.26 Å². The Kier molecular flexibility index (Phi) is 6.51. The first-order valence-electron chi connectivity index (χ1n) is 2.38. The third-order valence-electron chi connectivity index (χ3n) is 0.592. The molecule has 0 aliphatic carbocycles. The lowest BCUT2D eigenvalue weighted by atomic mass is 10.8. The van der Waals surface area contributed by atoms with Gasteiger partial charge in [-0.3, -0.25) is 4.72 Å². The van der Waals surface area contributed by atoms with Gasteiger partial charge in [0.2, 0.25) is 0 Å². The summed E-state index contributed by atoms with van der Waals surface area (Å²) in [6.45, 7) is 4.02. The molecule has 0 rings (SSSR count). The average Bonchev–Trinajstić information content (AvgIpc) is 1.69. The lowest BCUT2D eigenvalue weighted by Crippen LogP contribution is -2.23. The molecular formula is C4H12N2S. The van der Waals surface area contributed by atoms with Gasteiger partial charge >= 0.3 is 0 Å². The molecule has 0 saturated heterocycles. The summed E-state index contributed by atoms with van der Waals surface area (Å²) in [4.78, 5) is 0. The Morgan fingerprint density at radius 1 is 1.57 bits per heavy atom. The maximum absolute atomic E-state index is 3.12. The fourth-order valence-electron chi connectivity index (χ4n) is 0.248. The van der Waals surface area contributed by atoms with E-state index in [1.54, 1.807) is 11.9 Å². The van der Waals surface area contributed by atoms with Gasteiger partial charge in [0.25, 0.3) is 0 Å². The molecule has 0 heterocycles. The van der Waals surface area contributed by atoms with E-state index in [9.17, 15) is 0 Å². The van der Waals surface area contributed by atoms with Crippen molar-refractivity contribution in [1.82, 2.24) is 10.0 Å². The van der Waals surface area contributed by atoms with Gasteiger partial charge in [-0.05, 0) is 12.8 Å². The Labute approximate surface area is 49.2 Å². The first-order chi connectivity index (χ1) is 3.41. The molecule has 0 saturated carbocycles. The second-order valence-corrected chi connectivity index (χ2v) is 1.83. The zero-order chi connectivity index (χ0) is 5.54. The van der Waals surface area contributed by atoms with Crippen LogP contribution in [0.25, 0.3) is 0 Å². The van der Waals surface area contributed by atoms with E-state index in [2.05, 4.69) is 17.0 Å². The number of hydrogen-bond acceptors (Lipinski definition) is 3. The van der Waals surface area contributed by atoms with Crippen molar-refractivity contribution in [3.8, 4) is 0 Å². The summed E-state index contributed by atoms with van der Waals surface area (Å²) < 4.78 is 3.05. The van der Waals surface area contributed by atoms with Gasteiger partial charge in [0.1, 0.15) is 0 Å². The summed E-state index contributed by atoms with van der Waals surface area (Å²) in [5.41, 5.74) is 0. The van der Waals surface area contributed by atoms with Crippen molar-refractivity contribution in [2.24, 2.45) is 0 Å². The molecular weight excluding hydrogens is 108 g/mol. The molecule has 0 bridgehead atoms. The van der Waals surface area contributed by atoms with Gasteiger partial charge in [-0.2, -0.15) is 0 Å². The van der Waals surface area contributed by atoms with Gasteiger partial charge in [-0.15, -0.1) is 0 Å². The number of hydrogen-bond donors (Lipinski definition) is 2. The maximum atomic E-state index is 3.12. The minimum absolute atomic E-state index is 0.900. The van der Waals surface area contributed by atoms with E-state index in [1.165, 1.54) is 0 Å². The number of nitrogens with one attached hydrogen (secondary N) is 2. The highest BCUT2D eigenvalue weighted by atomic mass is 32.2. The van der Waals surface area contributed by atoms with Crippen molar-refractivity contribution in [2.75, 3.05) is 19.5 Å². The highest BCUT2D eigenvalue weighted by Crippen LogP contribution is 1.75. The second-order valence-electron chi connectivity index (χ2n) is 1.13. The summed E-state index contributed by atoms with van der Waals surface area (Å²) in [6.07, 6.45) is 2.01. The molecule has 0 amide bonds. The van der Waals surface area contributed by atoms with Crippen LogP contribution in [0, 0.1) is 0 Å². The van der Waals surface area contributed by atoms with Crippen LogP contribution in [0.3, 0.4) is 0 Å². The topological polar surface area (TPSA) is 24.1 Å². The van der Waals surface area contributed by atoms with E-state index in [0.717, 1.165) is 13.2 Å². The monoisotopic (exact) mass is 120 g/mol. The van der Waals surface area contributed by atoms with E-state index >= 15 is 0 Å². The molecule has 0 aromatic carbocycles. The minimum atomic E-state index is 0.900. The fourth-order valence-corrected chi connectivity index (χ4v) is 0.495. The van der Waals surface area contributed by atoms with Gasteiger partial charge in [-0.1, -0.05) is 18.9 Å². The molecule has 0 aromatic rings. The van der Waals surface area contributed by atoms with E-state index in [0.29, 0.717) is 0 Å². The lowest BCUT2D eigenvalue weighted by Gasteiger charge is -1.97. The van der Waals surface area contributed by atoms with Gasteiger partial charge < -0.3 is 5.32 Å². The number of rotatable bonds is 4. The fraction of sp³-hybridized carbons (Fsp3) is 1.00. The maximum Gasteiger partial charge on any atom is 0.0551 e. The first kappa shape index (κ1) is 7.27. The standard InChI is InChI=1S/C4H12N2S/c1-3-5-4-6-7-2/h5-6H,3-4H2,1-2H3. The SMILES string of the molecule is CCNCNSC. The molecule has 7 heavy (non-hydrogen) atoms. The van der Waals surface area contributed by atoms with Crippen LogP contribution < -0.4 is 10.0 Å². The Morgan fingerprint density at radius 2 is 2.29 bits per heavy atom. The zero-order valence-electron chi connectivity index (χ0n) is 4.82. The smallest absolute Gasteiger partial charge is 0.0551 e. The molecule has 0 spiro atoms. The highest BCUT2D eigenvalue weighted by Gasteiger charge is 1.74. The molecule has 0 aromatic heterocycles. The first-order valence-corrected chi connectivity index (χ1v) is 3.60. The van der Waals surface area contributed by atoms with Crippen LogP contribution in [0.4, 0.5) is 0 Å². The third-order valence-corrected chi connectivity index (χ3v) is 1.02. The van der Waals surface area contributed by atoms with Crippen LogP contribution in [-0.4, -0.2) is 19.5 Å². The van der Waals surface area contributed by atoms with Gasteiger partial charge in [0.15, 0.2) is 0 Å². The highest BCUT2D eigenvalue weighted by molar-refractivity contribution is 7.96. The van der Waals surface area contributed by atoms with Crippen molar-refractivity contribution in [2.45, 2.75) is 6.92 Å². The van der Waals surface area contributed by atoms with Gasteiger partial charge in [-0.25, -0.2) is 0 Å². The van der Waals surface area contributed by atoms with Crippen LogP contribution in [-0.2, 0) is 0 Å². The summed E-state index contributed by atoms with van der Waals surface area (Å²) >= 11 is 1.63. The van der Waals surface area contributed by atoms with Crippen LogP contribution in [0.1, 0.15) is 6.92 Å². The van der Waals surface area contributed by atoms with Crippen LogP contribution in [0.5, 0.6) is 0 Å². The van der Waals surface area contributed by atoms with E-state index < -0.39 is 0 Å². The molecule has 3 heteroatoms. The Balaban J connectivity index is 2.45. The Morgan fingerprint density at radius 3 is 2.71 bits per heavy atom. The van der Waals surface area contributed by atoms with E-state index in [-0.39, 0.29) is 0 Å². The molecule has 0 aliphatic heterocycles. The normalized spacial score (nSPS) is 9.43. The van der Waals surface area contributed by atoms with Gasteiger partial charge in [0, 0.05) is 0 Å². The molecule has 44 valence electrons. The second kappa shape index (κ2) is 6.27. The molecule has 0 aliphatic rings. The van der Waals surface area contributed by atoms with E-state index in [4.69, 9.17) is 0 Å². The van der Waals surface area contributed by atoms with Crippen LogP contribution in [0.2, 0.25) is 0 Å². The van der Waals surface area contributed by atoms with Crippen molar-refractivity contribution < 1.29 is 0 Å². The van der Waals surface area contributed by atoms with Gasteiger partial charge in [0.05, 0.1) is 6.67 Å². The summed E-state index contributed by atoms with van der Waals surface area (Å²) in [6, 6.07) is 0. The summed E-state index contributed by atoms with van der Waals surface area (Å²) in [7, 11) is 0. The van der Waals surface area contributed by atoms with Crippen molar-refractivity contribution >= 4 is 11.9 Å². The van der Waals surface area contributed by atoms with Crippen LogP contribution in [0.15, 0.2) is 0 Å². The molecule has 0 radical (unpaired) electrons. The van der Waals surface area contributed by atoms with Crippen molar-refractivity contribution in [3.63, 3.8) is 0 Å². The lowest BCUT2D eigenvalue weighted by molar-refractivity contribution is 0.714. The van der Waals surface area contributed by atoms with Crippen LogP contribution >= 0.6 is 11.9 Å². The molecule has 0 unspecified atom stereocenters. The largest absolute Gasteiger partial charge is 0.304 e. The summed E-state index contributed by atoms with van der Waals surface area (Å²) in [5.74, 6) is 0. The summed E-state index contributed by atoms with van der Waals surface area (Å²) in [5, 5.41) is 3.12. The molecule has 2 N–H and O–H groups in total. The zero-order valence-corrected chi connectivity index (χ0v) is 5.64. The Bertz CT molecular complexity index is 28.9. The molecule has 2 nitrogen and oxygen atoms in total. The predicted molar refractivity (Wildman–Crippen MR) is 35.2 cm³/mol. The third kappa shape index (κ3) is 6.27.